The fourth-order valence-corrected chi connectivity index (χ4v) is 3.19. The third-order valence-electron chi connectivity index (χ3n) is 4.32. The second kappa shape index (κ2) is 7.46. The lowest BCUT2D eigenvalue weighted by Gasteiger charge is -2.38. The van der Waals surface area contributed by atoms with Gasteiger partial charge in [-0.3, -0.25) is 0 Å². The van der Waals surface area contributed by atoms with Crippen LogP contribution in [0.4, 0.5) is 0 Å². The molecule has 0 bridgehead atoms. The fourth-order valence-electron chi connectivity index (χ4n) is 3.19. The van der Waals surface area contributed by atoms with Crippen LogP contribution in [-0.4, -0.2) is 48.8 Å². The molecular weight excluding hydrogens is 224 g/mol. The number of piperidine rings is 1. The lowest BCUT2D eigenvalue weighted by atomic mass is 9.90. The normalized spacial score (nSPS) is 29.7. The minimum atomic E-state index is 0.352. The molecule has 2 N–H and O–H groups in total. The summed E-state index contributed by atoms with van der Waals surface area (Å²) < 4.78 is 0. The maximum Gasteiger partial charge on any atom is 0.0431 e. The Labute approximate surface area is 112 Å². The molecule has 2 rings (SSSR count). The highest BCUT2D eigenvalue weighted by Crippen LogP contribution is 2.28. The molecule has 18 heavy (non-hydrogen) atoms. The van der Waals surface area contributed by atoms with E-state index in [2.05, 4.69) is 17.1 Å². The summed E-state index contributed by atoms with van der Waals surface area (Å²) in [6.07, 6.45) is 7.60. The van der Waals surface area contributed by atoms with Crippen LogP contribution in [0.25, 0.3) is 0 Å². The zero-order valence-corrected chi connectivity index (χ0v) is 11.9. The average molecular weight is 254 g/mol. The van der Waals surface area contributed by atoms with E-state index in [1.54, 1.807) is 0 Å². The van der Waals surface area contributed by atoms with Gasteiger partial charge < -0.3 is 15.3 Å². The first kappa shape index (κ1) is 14.3. The SMILES string of the molecule is CCCN1CC(CCCO)CC(NCC2CC2)C1. The number of aliphatic hydroxyl groups excluding tert-OH is 1. The maximum atomic E-state index is 8.99. The van der Waals surface area contributed by atoms with Crippen molar-refractivity contribution in [3.05, 3.63) is 0 Å². The quantitative estimate of drug-likeness (QED) is 0.694. The summed E-state index contributed by atoms with van der Waals surface area (Å²) in [6.45, 7) is 7.56. The van der Waals surface area contributed by atoms with Crippen LogP contribution < -0.4 is 5.32 Å². The number of nitrogens with zero attached hydrogens (tertiary/aromatic N) is 1. The van der Waals surface area contributed by atoms with E-state index in [1.165, 1.54) is 58.3 Å². The lowest BCUT2D eigenvalue weighted by molar-refractivity contribution is 0.129. The molecule has 1 heterocycles. The van der Waals surface area contributed by atoms with Gasteiger partial charge in [-0.1, -0.05) is 6.92 Å². The van der Waals surface area contributed by atoms with Gasteiger partial charge in [-0.05, 0) is 63.5 Å². The van der Waals surface area contributed by atoms with Gasteiger partial charge >= 0.3 is 0 Å². The van der Waals surface area contributed by atoms with Gasteiger partial charge in [0.15, 0.2) is 0 Å². The summed E-state index contributed by atoms with van der Waals surface area (Å²) in [5, 5.41) is 12.8. The highest BCUT2D eigenvalue weighted by molar-refractivity contribution is 4.85. The Bertz CT molecular complexity index is 231. The van der Waals surface area contributed by atoms with Crippen LogP contribution >= 0.6 is 0 Å². The average Bonchev–Trinajstić information content (AvgIpc) is 3.18. The standard InChI is InChI=1S/C15H30N2O/c1-2-7-17-11-14(4-3-8-18)9-15(12-17)16-10-13-5-6-13/h13-16,18H,2-12H2,1H3. The number of likely N-dealkylation sites (tertiary alicyclic amines) is 1. The van der Waals surface area contributed by atoms with Crippen molar-refractivity contribution in [2.45, 2.75) is 51.5 Å². The zero-order valence-electron chi connectivity index (χ0n) is 11.9. The molecule has 0 amide bonds. The van der Waals surface area contributed by atoms with Crippen molar-refractivity contribution in [3.63, 3.8) is 0 Å². The van der Waals surface area contributed by atoms with E-state index in [0.29, 0.717) is 12.6 Å². The van der Waals surface area contributed by atoms with Crippen LogP contribution in [0.15, 0.2) is 0 Å². The van der Waals surface area contributed by atoms with Crippen LogP contribution in [0.1, 0.15) is 45.4 Å². The van der Waals surface area contributed by atoms with E-state index in [0.717, 1.165) is 18.3 Å². The van der Waals surface area contributed by atoms with Crippen molar-refractivity contribution in [1.29, 1.82) is 0 Å². The van der Waals surface area contributed by atoms with Crippen molar-refractivity contribution < 1.29 is 5.11 Å². The Kier molecular flexibility index (Phi) is 5.93. The molecule has 0 spiro atoms. The van der Waals surface area contributed by atoms with E-state index >= 15 is 0 Å². The van der Waals surface area contributed by atoms with Crippen LogP contribution in [0.2, 0.25) is 0 Å². The summed E-state index contributed by atoms with van der Waals surface area (Å²) in [5.74, 6) is 1.76. The molecule has 1 aliphatic heterocycles. The second-order valence-electron chi connectivity index (χ2n) is 6.28. The van der Waals surface area contributed by atoms with Gasteiger partial charge in [-0.15, -0.1) is 0 Å². The molecule has 106 valence electrons. The first-order valence-electron chi connectivity index (χ1n) is 7.88. The topological polar surface area (TPSA) is 35.5 Å². The summed E-state index contributed by atoms with van der Waals surface area (Å²) in [7, 11) is 0. The number of rotatable bonds is 8. The van der Waals surface area contributed by atoms with Gasteiger partial charge in [0.25, 0.3) is 0 Å². The van der Waals surface area contributed by atoms with Gasteiger partial charge in [0.05, 0.1) is 0 Å². The van der Waals surface area contributed by atoms with E-state index in [1.807, 2.05) is 0 Å². The molecule has 1 saturated carbocycles. The third kappa shape index (κ3) is 4.87. The molecule has 0 aromatic carbocycles. The van der Waals surface area contributed by atoms with Gasteiger partial charge in [0, 0.05) is 25.7 Å². The van der Waals surface area contributed by atoms with Crippen LogP contribution in [-0.2, 0) is 0 Å². The molecular formula is C15H30N2O. The van der Waals surface area contributed by atoms with Gasteiger partial charge in [0.1, 0.15) is 0 Å². The summed E-state index contributed by atoms with van der Waals surface area (Å²) >= 11 is 0. The molecule has 3 heteroatoms. The Morgan fingerprint density at radius 3 is 2.72 bits per heavy atom. The molecule has 0 aromatic heterocycles. The van der Waals surface area contributed by atoms with Crippen LogP contribution in [0, 0.1) is 11.8 Å². The largest absolute Gasteiger partial charge is 0.396 e. The smallest absolute Gasteiger partial charge is 0.0431 e. The Morgan fingerprint density at radius 1 is 1.22 bits per heavy atom. The monoisotopic (exact) mass is 254 g/mol. The Morgan fingerprint density at radius 2 is 2.06 bits per heavy atom. The number of nitrogens with one attached hydrogen (secondary N) is 1. The molecule has 2 fully saturated rings. The molecule has 0 radical (unpaired) electrons. The number of hydrogen-bond donors (Lipinski definition) is 2. The van der Waals surface area contributed by atoms with Gasteiger partial charge in [0.2, 0.25) is 0 Å². The molecule has 2 atom stereocenters. The molecule has 2 unspecified atom stereocenters. The second-order valence-corrected chi connectivity index (χ2v) is 6.28. The molecule has 1 aliphatic carbocycles. The molecule has 3 nitrogen and oxygen atoms in total. The van der Waals surface area contributed by atoms with E-state index in [-0.39, 0.29) is 0 Å². The van der Waals surface area contributed by atoms with E-state index in [9.17, 15) is 0 Å². The van der Waals surface area contributed by atoms with E-state index < -0.39 is 0 Å². The first-order valence-corrected chi connectivity index (χ1v) is 7.88. The Hall–Kier alpha value is -0.120. The van der Waals surface area contributed by atoms with Gasteiger partial charge in [-0.2, -0.15) is 0 Å². The molecule has 2 aliphatic rings. The summed E-state index contributed by atoms with van der Waals surface area (Å²) in [6, 6.07) is 0.689. The number of hydrogen-bond acceptors (Lipinski definition) is 3. The summed E-state index contributed by atoms with van der Waals surface area (Å²) in [5.41, 5.74) is 0. The van der Waals surface area contributed by atoms with Crippen molar-refractivity contribution in [3.8, 4) is 0 Å². The predicted octanol–water partition coefficient (Wildman–Crippen LogP) is 1.86. The number of aliphatic hydroxyl groups is 1. The first-order chi connectivity index (χ1) is 8.81. The summed E-state index contributed by atoms with van der Waals surface area (Å²) in [4.78, 5) is 2.62. The van der Waals surface area contributed by atoms with Crippen molar-refractivity contribution >= 4 is 0 Å². The third-order valence-corrected chi connectivity index (χ3v) is 4.32. The van der Waals surface area contributed by atoms with Crippen molar-refractivity contribution in [2.24, 2.45) is 11.8 Å². The maximum absolute atomic E-state index is 8.99. The van der Waals surface area contributed by atoms with Gasteiger partial charge in [-0.25, -0.2) is 0 Å². The molecule has 0 aromatic rings. The zero-order chi connectivity index (χ0) is 12.8. The molecule has 1 saturated heterocycles. The minimum Gasteiger partial charge on any atom is -0.396 e. The highest BCUT2D eigenvalue weighted by Gasteiger charge is 2.28. The predicted molar refractivity (Wildman–Crippen MR) is 75.7 cm³/mol. The van der Waals surface area contributed by atoms with E-state index in [4.69, 9.17) is 5.11 Å². The van der Waals surface area contributed by atoms with Crippen molar-refractivity contribution in [1.82, 2.24) is 10.2 Å². The minimum absolute atomic E-state index is 0.352. The lowest BCUT2D eigenvalue weighted by Crippen LogP contribution is -2.49. The van der Waals surface area contributed by atoms with Crippen LogP contribution in [0.5, 0.6) is 0 Å². The van der Waals surface area contributed by atoms with Crippen molar-refractivity contribution in [2.75, 3.05) is 32.8 Å². The fraction of sp³-hybridized carbons (Fsp3) is 1.00. The van der Waals surface area contributed by atoms with Crippen LogP contribution in [0.3, 0.4) is 0 Å². The highest BCUT2D eigenvalue weighted by atomic mass is 16.2. The Balaban J connectivity index is 1.75.